The van der Waals surface area contributed by atoms with E-state index in [0.29, 0.717) is 24.9 Å². The van der Waals surface area contributed by atoms with Crippen molar-refractivity contribution in [2.75, 3.05) is 13.1 Å². The maximum Gasteiger partial charge on any atom is 0.251 e. The van der Waals surface area contributed by atoms with Crippen LogP contribution in [0.4, 0.5) is 0 Å². The number of benzene rings is 1. The molecule has 0 saturated carbocycles. The summed E-state index contributed by atoms with van der Waals surface area (Å²) in [5.41, 5.74) is 1.02. The first kappa shape index (κ1) is 24.4. The van der Waals surface area contributed by atoms with Crippen molar-refractivity contribution in [2.45, 2.75) is 90.4 Å². The molecule has 2 amide bonds. The molecule has 2 atom stereocenters. The maximum atomic E-state index is 12.6. The molecule has 1 heterocycles. The lowest BCUT2D eigenvalue weighted by Gasteiger charge is -2.29. The zero-order chi connectivity index (χ0) is 22.5. The fraction of sp³-hybridized carbons (Fsp3) is 0.667. The standard InChI is InChI=1S/C24H39N3O3/c1-23(2,3)25-21(29)19-11-8-7-10-17(19)13-14-18(28)16-27-15-9-12-20(27)22(30)26-24(4,5)6/h7-8,10-11,18,20,28H,9,12-16H2,1-6H3,(H,25,29)(H,26,30)/t18-,20+/m1/s1. The summed E-state index contributed by atoms with van der Waals surface area (Å²) in [6.45, 7) is 13.1. The zero-order valence-corrected chi connectivity index (χ0v) is 19.4. The number of hydrogen-bond donors (Lipinski definition) is 3. The normalized spacial score (nSPS) is 18.8. The highest BCUT2D eigenvalue weighted by Gasteiger charge is 2.33. The maximum absolute atomic E-state index is 12.6. The Morgan fingerprint density at radius 1 is 1.10 bits per heavy atom. The summed E-state index contributed by atoms with van der Waals surface area (Å²) in [4.78, 5) is 27.3. The Kier molecular flexibility index (Phi) is 8.06. The second-order valence-corrected chi connectivity index (χ2v) is 10.4. The number of aryl methyl sites for hydroxylation is 1. The molecule has 6 nitrogen and oxygen atoms in total. The van der Waals surface area contributed by atoms with Gasteiger partial charge in [0.2, 0.25) is 5.91 Å². The molecule has 1 aliphatic rings. The van der Waals surface area contributed by atoms with Gasteiger partial charge in [-0.3, -0.25) is 14.5 Å². The summed E-state index contributed by atoms with van der Waals surface area (Å²) < 4.78 is 0. The number of nitrogens with zero attached hydrogens (tertiary/aromatic N) is 1. The van der Waals surface area contributed by atoms with Crippen molar-refractivity contribution in [2.24, 2.45) is 0 Å². The fourth-order valence-corrected chi connectivity index (χ4v) is 3.85. The Hall–Kier alpha value is -1.92. The monoisotopic (exact) mass is 417 g/mol. The van der Waals surface area contributed by atoms with Crippen molar-refractivity contribution in [1.29, 1.82) is 0 Å². The van der Waals surface area contributed by atoms with Crippen LogP contribution >= 0.6 is 0 Å². The van der Waals surface area contributed by atoms with Crippen molar-refractivity contribution >= 4 is 11.8 Å². The zero-order valence-electron chi connectivity index (χ0n) is 19.4. The number of rotatable bonds is 7. The van der Waals surface area contributed by atoms with E-state index in [1.807, 2.05) is 65.8 Å². The second-order valence-electron chi connectivity index (χ2n) is 10.4. The molecule has 1 aromatic carbocycles. The number of hydrogen-bond acceptors (Lipinski definition) is 4. The number of carbonyl (C=O) groups excluding carboxylic acids is 2. The van der Waals surface area contributed by atoms with Crippen LogP contribution in [-0.4, -0.2) is 58.1 Å². The number of β-amino-alcohol motifs (C(OH)–C–C–N with tert-alkyl or cyclic N) is 1. The van der Waals surface area contributed by atoms with Crippen LogP contribution in [0.5, 0.6) is 0 Å². The lowest BCUT2D eigenvalue weighted by atomic mass is 9.99. The predicted molar refractivity (Wildman–Crippen MR) is 120 cm³/mol. The average Bonchev–Trinajstić information content (AvgIpc) is 3.05. The Morgan fingerprint density at radius 2 is 1.73 bits per heavy atom. The highest BCUT2D eigenvalue weighted by molar-refractivity contribution is 5.96. The summed E-state index contributed by atoms with van der Waals surface area (Å²) >= 11 is 0. The van der Waals surface area contributed by atoms with Crippen LogP contribution in [-0.2, 0) is 11.2 Å². The molecular weight excluding hydrogens is 378 g/mol. The largest absolute Gasteiger partial charge is 0.392 e. The van der Waals surface area contributed by atoms with Gasteiger partial charge < -0.3 is 15.7 Å². The number of nitrogens with one attached hydrogen (secondary N) is 2. The molecule has 1 saturated heterocycles. The number of aliphatic hydroxyl groups excluding tert-OH is 1. The summed E-state index contributed by atoms with van der Waals surface area (Å²) in [7, 11) is 0. The third-order valence-electron chi connectivity index (χ3n) is 5.11. The van der Waals surface area contributed by atoms with Gasteiger partial charge in [-0.25, -0.2) is 0 Å². The summed E-state index contributed by atoms with van der Waals surface area (Å²) in [6.07, 6.45) is 2.40. The van der Waals surface area contributed by atoms with E-state index in [2.05, 4.69) is 15.5 Å². The van der Waals surface area contributed by atoms with E-state index in [-0.39, 0.29) is 28.9 Å². The fourth-order valence-electron chi connectivity index (χ4n) is 3.85. The molecule has 0 bridgehead atoms. The molecule has 6 heteroatoms. The highest BCUT2D eigenvalue weighted by Crippen LogP contribution is 2.20. The number of likely N-dealkylation sites (tertiary alicyclic amines) is 1. The van der Waals surface area contributed by atoms with Crippen LogP contribution < -0.4 is 10.6 Å². The van der Waals surface area contributed by atoms with Crippen molar-refractivity contribution in [1.82, 2.24) is 15.5 Å². The quantitative estimate of drug-likeness (QED) is 0.637. The molecule has 3 N–H and O–H groups in total. The molecule has 1 aromatic rings. The smallest absolute Gasteiger partial charge is 0.251 e. The van der Waals surface area contributed by atoms with Crippen molar-refractivity contribution in [3.8, 4) is 0 Å². The summed E-state index contributed by atoms with van der Waals surface area (Å²) in [5, 5.41) is 16.7. The number of amides is 2. The van der Waals surface area contributed by atoms with Crippen LogP contribution in [0.2, 0.25) is 0 Å². The van der Waals surface area contributed by atoms with E-state index in [1.54, 1.807) is 0 Å². The third-order valence-corrected chi connectivity index (χ3v) is 5.11. The van der Waals surface area contributed by atoms with Gasteiger partial charge in [-0.1, -0.05) is 18.2 Å². The first-order valence-electron chi connectivity index (χ1n) is 11.0. The van der Waals surface area contributed by atoms with Gasteiger partial charge in [0.1, 0.15) is 0 Å². The molecule has 1 aliphatic heterocycles. The summed E-state index contributed by atoms with van der Waals surface area (Å²) in [5.74, 6) is -0.0533. The SMILES string of the molecule is CC(C)(C)NC(=O)c1ccccc1CC[C@@H](O)CN1CCC[C@H]1C(=O)NC(C)(C)C. The molecule has 168 valence electrons. The molecule has 0 aliphatic carbocycles. The minimum absolute atomic E-state index is 0.0383. The molecule has 0 aromatic heterocycles. The van der Waals surface area contributed by atoms with Crippen LogP contribution in [0.3, 0.4) is 0 Å². The van der Waals surface area contributed by atoms with E-state index in [1.165, 1.54) is 0 Å². The van der Waals surface area contributed by atoms with Crippen molar-refractivity contribution in [3.05, 3.63) is 35.4 Å². The van der Waals surface area contributed by atoms with Gasteiger partial charge in [-0.2, -0.15) is 0 Å². The third kappa shape index (κ3) is 7.73. The Bertz CT molecular complexity index is 734. The second kappa shape index (κ2) is 9.92. The van der Waals surface area contributed by atoms with Gasteiger partial charge in [0, 0.05) is 23.2 Å². The average molecular weight is 418 g/mol. The highest BCUT2D eigenvalue weighted by atomic mass is 16.3. The van der Waals surface area contributed by atoms with Gasteiger partial charge in [-0.15, -0.1) is 0 Å². The van der Waals surface area contributed by atoms with Crippen LogP contribution in [0.15, 0.2) is 24.3 Å². The van der Waals surface area contributed by atoms with E-state index >= 15 is 0 Å². The first-order valence-corrected chi connectivity index (χ1v) is 11.0. The van der Waals surface area contributed by atoms with Crippen LogP contribution in [0, 0.1) is 0 Å². The topological polar surface area (TPSA) is 81.7 Å². The number of carbonyl (C=O) groups is 2. The molecule has 0 spiro atoms. The van der Waals surface area contributed by atoms with Crippen LogP contribution in [0.1, 0.15) is 76.7 Å². The van der Waals surface area contributed by atoms with Crippen molar-refractivity contribution in [3.63, 3.8) is 0 Å². The van der Waals surface area contributed by atoms with E-state index < -0.39 is 6.10 Å². The van der Waals surface area contributed by atoms with Gasteiger partial charge >= 0.3 is 0 Å². The van der Waals surface area contributed by atoms with Gasteiger partial charge in [-0.05, 0) is 85.4 Å². The molecule has 0 unspecified atom stereocenters. The lowest BCUT2D eigenvalue weighted by Crippen LogP contribution is -2.51. The molecule has 30 heavy (non-hydrogen) atoms. The van der Waals surface area contributed by atoms with Gasteiger partial charge in [0.05, 0.1) is 12.1 Å². The van der Waals surface area contributed by atoms with Crippen LogP contribution in [0.25, 0.3) is 0 Å². The van der Waals surface area contributed by atoms with E-state index in [4.69, 9.17) is 0 Å². The van der Waals surface area contributed by atoms with Gasteiger partial charge in [0.25, 0.3) is 5.91 Å². The molecule has 0 radical (unpaired) electrons. The first-order chi connectivity index (χ1) is 13.9. The minimum Gasteiger partial charge on any atom is -0.392 e. The van der Waals surface area contributed by atoms with E-state index in [9.17, 15) is 14.7 Å². The number of aliphatic hydroxyl groups is 1. The molecule has 2 rings (SSSR count). The predicted octanol–water partition coefficient (Wildman–Crippen LogP) is 2.89. The Balaban J connectivity index is 1.94. The van der Waals surface area contributed by atoms with Crippen molar-refractivity contribution < 1.29 is 14.7 Å². The van der Waals surface area contributed by atoms with Gasteiger partial charge in [0.15, 0.2) is 0 Å². The molecule has 1 fully saturated rings. The molecular formula is C24H39N3O3. The Morgan fingerprint density at radius 3 is 2.37 bits per heavy atom. The summed E-state index contributed by atoms with van der Waals surface area (Å²) in [6, 6.07) is 7.38. The lowest BCUT2D eigenvalue weighted by molar-refractivity contribution is -0.127. The Labute approximate surface area is 181 Å². The minimum atomic E-state index is -0.549. The van der Waals surface area contributed by atoms with E-state index in [0.717, 1.165) is 24.9 Å².